The lowest BCUT2D eigenvalue weighted by Crippen LogP contribution is -2.48. The van der Waals surface area contributed by atoms with E-state index in [0.29, 0.717) is 23.7 Å². The van der Waals surface area contributed by atoms with Crippen LogP contribution in [0.15, 0.2) is 17.5 Å². The van der Waals surface area contributed by atoms with E-state index in [1.54, 1.807) is 18.3 Å². The Labute approximate surface area is 174 Å². The van der Waals surface area contributed by atoms with Gasteiger partial charge in [-0.3, -0.25) is 14.6 Å². The first kappa shape index (κ1) is 21.0. The second-order valence-electron chi connectivity index (χ2n) is 6.89. The first-order valence-corrected chi connectivity index (χ1v) is 11.2. The van der Waals surface area contributed by atoms with Crippen molar-refractivity contribution in [2.24, 2.45) is 0 Å². The van der Waals surface area contributed by atoms with Gasteiger partial charge >= 0.3 is 5.97 Å². The van der Waals surface area contributed by atoms with Gasteiger partial charge in [-0.1, -0.05) is 6.07 Å². The Morgan fingerprint density at radius 1 is 1.18 bits per heavy atom. The lowest BCUT2D eigenvalue weighted by molar-refractivity contribution is -0.117. The lowest BCUT2D eigenvalue weighted by Gasteiger charge is -2.34. The number of piperazine rings is 1. The van der Waals surface area contributed by atoms with E-state index in [9.17, 15) is 9.59 Å². The molecular weight excluding hydrogens is 394 g/mol. The van der Waals surface area contributed by atoms with Crippen molar-refractivity contribution in [3.05, 3.63) is 38.4 Å². The van der Waals surface area contributed by atoms with Crippen molar-refractivity contribution in [2.45, 2.75) is 27.3 Å². The quantitative estimate of drug-likeness (QED) is 0.695. The van der Waals surface area contributed by atoms with Gasteiger partial charge in [-0.25, -0.2) is 4.79 Å². The molecule has 3 rings (SSSR count). The summed E-state index contributed by atoms with van der Waals surface area (Å²) in [6.07, 6.45) is 0. The van der Waals surface area contributed by atoms with Crippen LogP contribution >= 0.6 is 22.7 Å². The van der Waals surface area contributed by atoms with Crippen LogP contribution in [0.1, 0.15) is 32.6 Å². The number of esters is 1. The number of nitrogens with one attached hydrogen (secondary N) is 1. The maximum absolute atomic E-state index is 12.6. The molecule has 1 N–H and O–H groups in total. The van der Waals surface area contributed by atoms with E-state index in [-0.39, 0.29) is 11.9 Å². The number of nitrogens with zero attached hydrogens (tertiary/aromatic N) is 2. The topological polar surface area (TPSA) is 61.9 Å². The van der Waals surface area contributed by atoms with Crippen LogP contribution in [-0.2, 0) is 16.1 Å². The third-order valence-corrected chi connectivity index (χ3v) is 6.89. The van der Waals surface area contributed by atoms with Crippen molar-refractivity contribution in [3.8, 4) is 0 Å². The minimum absolute atomic E-state index is 0.0847. The molecule has 1 saturated heterocycles. The molecule has 1 aliphatic heterocycles. The molecule has 3 heterocycles. The highest BCUT2D eigenvalue weighted by Crippen LogP contribution is 2.33. The predicted octanol–water partition coefficient (Wildman–Crippen LogP) is 3.36. The Kier molecular flexibility index (Phi) is 7.23. The van der Waals surface area contributed by atoms with E-state index in [1.165, 1.54) is 16.2 Å². The van der Waals surface area contributed by atoms with E-state index in [1.807, 2.05) is 13.8 Å². The van der Waals surface area contributed by atoms with Crippen molar-refractivity contribution < 1.29 is 14.3 Å². The highest BCUT2D eigenvalue weighted by Gasteiger charge is 2.24. The van der Waals surface area contributed by atoms with Gasteiger partial charge in [-0.2, -0.15) is 0 Å². The summed E-state index contributed by atoms with van der Waals surface area (Å²) in [7, 11) is 0. The number of carbonyl (C=O) groups is 2. The third-order valence-electron chi connectivity index (χ3n) is 4.91. The molecule has 0 radical (unpaired) electrons. The van der Waals surface area contributed by atoms with E-state index >= 15 is 0 Å². The van der Waals surface area contributed by atoms with Crippen molar-refractivity contribution in [3.63, 3.8) is 0 Å². The molecule has 0 saturated carbocycles. The fourth-order valence-electron chi connectivity index (χ4n) is 3.26. The van der Waals surface area contributed by atoms with Crippen LogP contribution in [0.5, 0.6) is 0 Å². The number of aryl methyl sites for hydroxylation is 1. The van der Waals surface area contributed by atoms with E-state index in [2.05, 4.69) is 32.6 Å². The van der Waals surface area contributed by atoms with Crippen molar-refractivity contribution in [2.75, 3.05) is 44.6 Å². The summed E-state index contributed by atoms with van der Waals surface area (Å²) < 4.78 is 5.15. The molecule has 8 heteroatoms. The lowest BCUT2D eigenvalue weighted by atomic mass is 10.1. The Hall–Kier alpha value is -1.74. The number of rotatable bonds is 7. The smallest absolute Gasteiger partial charge is 0.341 e. The van der Waals surface area contributed by atoms with Crippen LogP contribution in [0.2, 0.25) is 0 Å². The number of thiophene rings is 2. The van der Waals surface area contributed by atoms with Gasteiger partial charge in [0.1, 0.15) is 5.00 Å². The molecule has 0 spiro atoms. The van der Waals surface area contributed by atoms with E-state index in [4.69, 9.17) is 4.74 Å². The summed E-state index contributed by atoms with van der Waals surface area (Å²) >= 11 is 3.21. The maximum atomic E-state index is 12.6. The number of hydrogen-bond acceptors (Lipinski definition) is 7. The minimum Gasteiger partial charge on any atom is -0.462 e. The zero-order valence-electron chi connectivity index (χ0n) is 16.6. The van der Waals surface area contributed by atoms with Gasteiger partial charge in [0.25, 0.3) is 0 Å². The summed E-state index contributed by atoms with van der Waals surface area (Å²) in [6.45, 7) is 10.9. The molecule has 0 atom stereocenters. The fraction of sp³-hybridized carbons (Fsp3) is 0.500. The molecule has 6 nitrogen and oxygen atoms in total. The van der Waals surface area contributed by atoms with Gasteiger partial charge in [-0.15, -0.1) is 22.7 Å². The summed E-state index contributed by atoms with van der Waals surface area (Å²) in [5.41, 5.74) is 1.36. The highest BCUT2D eigenvalue weighted by atomic mass is 32.1. The minimum atomic E-state index is -0.373. The molecule has 2 aromatic heterocycles. The standard InChI is InChI=1S/C20H27N3O3S2/c1-4-26-20(25)18-14(2)15(3)28-19(18)21-17(24)13-23-9-7-22(8-10-23)12-16-6-5-11-27-16/h5-6,11H,4,7-10,12-13H2,1-3H3,(H,21,24). The van der Waals surface area contributed by atoms with Gasteiger partial charge in [-0.05, 0) is 37.8 Å². The maximum Gasteiger partial charge on any atom is 0.341 e. The van der Waals surface area contributed by atoms with Crippen LogP contribution in [0.4, 0.5) is 5.00 Å². The zero-order chi connectivity index (χ0) is 20.1. The average molecular weight is 422 g/mol. The zero-order valence-corrected chi connectivity index (χ0v) is 18.3. The molecule has 0 aromatic carbocycles. The normalized spacial score (nSPS) is 15.5. The van der Waals surface area contributed by atoms with Crippen LogP contribution in [-0.4, -0.2) is 61.0 Å². The number of amides is 1. The second kappa shape index (κ2) is 9.65. The van der Waals surface area contributed by atoms with Crippen LogP contribution in [0, 0.1) is 13.8 Å². The Bertz CT molecular complexity index is 809. The average Bonchev–Trinajstić information content (AvgIpc) is 3.25. The number of carbonyl (C=O) groups excluding carboxylic acids is 2. The molecule has 28 heavy (non-hydrogen) atoms. The van der Waals surface area contributed by atoms with E-state index in [0.717, 1.165) is 43.2 Å². The first-order valence-electron chi connectivity index (χ1n) is 9.52. The number of hydrogen-bond donors (Lipinski definition) is 1. The van der Waals surface area contributed by atoms with Gasteiger partial charge in [0.15, 0.2) is 0 Å². The summed E-state index contributed by atoms with van der Waals surface area (Å²) in [6, 6.07) is 4.25. The molecule has 1 fully saturated rings. The molecule has 1 aliphatic rings. The number of ether oxygens (including phenoxy) is 1. The third kappa shape index (κ3) is 5.20. The molecule has 2 aromatic rings. The Balaban J connectivity index is 1.52. The Morgan fingerprint density at radius 2 is 1.89 bits per heavy atom. The van der Waals surface area contributed by atoms with Crippen molar-refractivity contribution in [1.82, 2.24) is 9.80 Å². The van der Waals surface area contributed by atoms with Crippen molar-refractivity contribution in [1.29, 1.82) is 0 Å². The predicted molar refractivity (Wildman–Crippen MR) is 114 cm³/mol. The first-order chi connectivity index (χ1) is 13.5. The fourth-order valence-corrected chi connectivity index (χ4v) is 5.07. The summed E-state index contributed by atoms with van der Waals surface area (Å²) in [4.78, 5) is 31.8. The Morgan fingerprint density at radius 3 is 2.54 bits per heavy atom. The SMILES string of the molecule is CCOC(=O)c1c(NC(=O)CN2CCN(Cc3cccs3)CC2)sc(C)c1C. The summed E-state index contributed by atoms with van der Waals surface area (Å²) in [5, 5.41) is 5.63. The second-order valence-corrected chi connectivity index (χ2v) is 9.14. The largest absolute Gasteiger partial charge is 0.462 e. The van der Waals surface area contributed by atoms with Crippen LogP contribution in [0.3, 0.4) is 0 Å². The van der Waals surface area contributed by atoms with Gasteiger partial charge in [0.2, 0.25) is 5.91 Å². The summed E-state index contributed by atoms with van der Waals surface area (Å²) in [5.74, 6) is -0.458. The van der Waals surface area contributed by atoms with E-state index < -0.39 is 0 Å². The molecule has 0 bridgehead atoms. The number of anilines is 1. The van der Waals surface area contributed by atoms with Gasteiger partial charge in [0, 0.05) is 42.5 Å². The van der Waals surface area contributed by atoms with Gasteiger partial charge in [0.05, 0.1) is 18.7 Å². The van der Waals surface area contributed by atoms with Crippen molar-refractivity contribution >= 4 is 39.6 Å². The molecule has 1 amide bonds. The van der Waals surface area contributed by atoms with Gasteiger partial charge < -0.3 is 10.1 Å². The molecule has 152 valence electrons. The van der Waals surface area contributed by atoms with Crippen LogP contribution in [0.25, 0.3) is 0 Å². The molecular formula is C20H27N3O3S2. The molecule has 0 unspecified atom stereocenters. The van der Waals surface area contributed by atoms with Crippen LogP contribution < -0.4 is 5.32 Å². The highest BCUT2D eigenvalue weighted by molar-refractivity contribution is 7.16. The monoisotopic (exact) mass is 421 g/mol. The molecule has 0 aliphatic carbocycles.